The average molecular weight is 285 g/mol. The van der Waals surface area contributed by atoms with Gasteiger partial charge in [0.15, 0.2) is 5.69 Å². The monoisotopic (exact) mass is 285 g/mol. The van der Waals surface area contributed by atoms with Crippen LogP contribution in [-0.4, -0.2) is 26.8 Å². The molecule has 0 aliphatic carbocycles. The number of nitrogens with one attached hydrogen (secondary N) is 1. The van der Waals surface area contributed by atoms with E-state index in [1.807, 2.05) is 0 Å². The van der Waals surface area contributed by atoms with Crippen molar-refractivity contribution in [2.75, 3.05) is 5.32 Å². The number of aromatic nitrogens is 2. The summed E-state index contributed by atoms with van der Waals surface area (Å²) in [5.41, 5.74) is 1.87. The van der Waals surface area contributed by atoms with Gasteiger partial charge in [0.05, 0.1) is 5.69 Å². The molecule has 6 nitrogen and oxygen atoms in total. The first-order valence-electron chi connectivity index (χ1n) is 6.35. The Morgan fingerprint density at radius 2 is 2.10 bits per heavy atom. The lowest BCUT2D eigenvalue weighted by Crippen LogP contribution is -2.12. The van der Waals surface area contributed by atoms with Gasteiger partial charge in [0.25, 0.3) is 5.91 Å². The van der Waals surface area contributed by atoms with Crippen LogP contribution in [0.1, 0.15) is 24.3 Å². The van der Waals surface area contributed by atoms with Crippen LogP contribution >= 0.6 is 0 Å². The SMILES string of the molecule is C/C=C(\C)C(=O)Nc1cccc(-n2ccc(C(=O)O)n2)c1. The summed E-state index contributed by atoms with van der Waals surface area (Å²) in [4.78, 5) is 22.6. The molecule has 0 radical (unpaired) electrons. The number of benzene rings is 1. The highest BCUT2D eigenvalue weighted by Crippen LogP contribution is 2.15. The van der Waals surface area contributed by atoms with Gasteiger partial charge in [-0.25, -0.2) is 9.48 Å². The van der Waals surface area contributed by atoms with Crippen molar-refractivity contribution in [2.45, 2.75) is 13.8 Å². The highest BCUT2D eigenvalue weighted by atomic mass is 16.4. The van der Waals surface area contributed by atoms with Crippen molar-refractivity contribution >= 4 is 17.6 Å². The van der Waals surface area contributed by atoms with Gasteiger partial charge in [-0.2, -0.15) is 5.10 Å². The van der Waals surface area contributed by atoms with Crippen molar-refractivity contribution in [3.63, 3.8) is 0 Å². The summed E-state index contributed by atoms with van der Waals surface area (Å²) in [6, 6.07) is 8.43. The van der Waals surface area contributed by atoms with Crippen molar-refractivity contribution in [1.82, 2.24) is 9.78 Å². The Morgan fingerprint density at radius 1 is 1.33 bits per heavy atom. The van der Waals surface area contributed by atoms with Gasteiger partial charge >= 0.3 is 5.97 Å². The summed E-state index contributed by atoms with van der Waals surface area (Å²) in [7, 11) is 0. The molecule has 0 saturated heterocycles. The molecule has 0 unspecified atom stereocenters. The molecule has 2 aromatic rings. The second-order valence-electron chi connectivity index (χ2n) is 4.43. The number of carbonyl (C=O) groups excluding carboxylic acids is 1. The standard InChI is InChI=1S/C15H15N3O3/c1-3-10(2)14(19)16-11-5-4-6-12(9-11)18-8-7-13(17-18)15(20)21/h3-9H,1-2H3,(H,16,19)(H,20,21)/b10-3+. The van der Waals surface area contributed by atoms with E-state index in [0.717, 1.165) is 0 Å². The average Bonchev–Trinajstić information content (AvgIpc) is 2.96. The number of allylic oxidation sites excluding steroid dienone is 1. The van der Waals surface area contributed by atoms with E-state index >= 15 is 0 Å². The molecule has 1 heterocycles. The van der Waals surface area contributed by atoms with Crippen LogP contribution in [0.2, 0.25) is 0 Å². The van der Waals surface area contributed by atoms with Gasteiger partial charge in [0.2, 0.25) is 0 Å². The van der Waals surface area contributed by atoms with Crippen LogP contribution in [0, 0.1) is 0 Å². The Labute approximate surface area is 121 Å². The number of nitrogens with zero attached hydrogens (tertiary/aromatic N) is 2. The lowest BCUT2D eigenvalue weighted by atomic mass is 10.2. The zero-order valence-corrected chi connectivity index (χ0v) is 11.7. The first kappa shape index (κ1) is 14.5. The molecule has 0 atom stereocenters. The lowest BCUT2D eigenvalue weighted by Gasteiger charge is -2.07. The normalized spacial score (nSPS) is 11.2. The minimum absolute atomic E-state index is 0.0331. The van der Waals surface area contributed by atoms with Crippen LogP contribution in [0.25, 0.3) is 5.69 Å². The van der Waals surface area contributed by atoms with Crippen molar-refractivity contribution in [3.8, 4) is 5.69 Å². The molecule has 6 heteroatoms. The van der Waals surface area contributed by atoms with Crippen molar-refractivity contribution < 1.29 is 14.7 Å². The smallest absolute Gasteiger partial charge is 0.356 e. The summed E-state index contributed by atoms with van der Waals surface area (Å²) < 4.78 is 1.45. The number of hydrogen-bond acceptors (Lipinski definition) is 3. The van der Waals surface area contributed by atoms with E-state index in [2.05, 4.69) is 10.4 Å². The molecular formula is C15H15N3O3. The molecule has 0 aliphatic rings. The maximum absolute atomic E-state index is 11.8. The predicted octanol–water partition coefficient (Wildman–Crippen LogP) is 2.48. The van der Waals surface area contributed by atoms with Crippen LogP contribution in [-0.2, 0) is 4.79 Å². The van der Waals surface area contributed by atoms with Gasteiger partial charge < -0.3 is 10.4 Å². The summed E-state index contributed by atoms with van der Waals surface area (Å²) in [5, 5.41) is 15.6. The van der Waals surface area contributed by atoms with Gasteiger partial charge in [-0.05, 0) is 38.1 Å². The highest BCUT2D eigenvalue weighted by Gasteiger charge is 2.09. The topological polar surface area (TPSA) is 84.2 Å². The first-order valence-corrected chi connectivity index (χ1v) is 6.35. The van der Waals surface area contributed by atoms with Crippen molar-refractivity contribution in [1.29, 1.82) is 0 Å². The molecule has 0 saturated carbocycles. The fraction of sp³-hybridized carbons (Fsp3) is 0.133. The molecule has 1 aromatic heterocycles. The van der Waals surface area contributed by atoms with Crippen molar-refractivity contribution in [2.24, 2.45) is 0 Å². The van der Waals surface area contributed by atoms with Gasteiger partial charge in [0, 0.05) is 17.5 Å². The largest absolute Gasteiger partial charge is 0.476 e. The van der Waals surface area contributed by atoms with E-state index in [-0.39, 0.29) is 11.6 Å². The quantitative estimate of drug-likeness (QED) is 0.845. The second-order valence-corrected chi connectivity index (χ2v) is 4.43. The number of carboxylic acids is 1. The highest BCUT2D eigenvalue weighted by molar-refractivity contribution is 6.03. The molecule has 1 aromatic carbocycles. The summed E-state index contributed by atoms with van der Waals surface area (Å²) >= 11 is 0. The molecular weight excluding hydrogens is 270 g/mol. The third-order valence-corrected chi connectivity index (χ3v) is 2.97. The van der Waals surface area contributed by atoms with Gasteiger partial charge in [-0.1, -0.05) is 12.1 Å². The van der Waals surface area contributed by atoms with Gasteiger partial charge in [-0.15, -0.1) is 0 Å². The number of aromatic carboxylic acids is 1. The van der Waals surface area contributed by atoms with E-state index in [9.17, 15) is 9.59 Å². The number of carboxylic acid groups (broad SMARTS) is 1. The van der Waals surface area contributed by atoms with Crippen LogP contribution in [0.4, 0.5) is 5.69 Å². The molecule has 108 valence electrons. The second kappa shape index (κ2) is 6.04. The summed E-state index contributed by atoms with van der Waals surface area (Å²) in [6.45, 7) is 3.52. The van der Waals surface area contributed by atoms with Crippen LogP contribution in [0.15, 0.2) is 48.2 Å². The third-order valence-electron chi connectivity index (χ3n) is 2.97. The Morgan fingerprint density at radius 3 is 2.71 bits per heavy atom. The van der Waals surface area contributed by atoms with Crippen molar-refractivity contribution in [3.05, 3.63) is 53.9 Å². The van der Waals surface area contributed by atoms with Crippen LogP contribution in [0.3, 0.4) is 0 Å². The molecule has 0 fully saturated rings. The predicted molar refractivity (Wildman–Crippen MR) is 78.6 cm³/mol. The van der Waals surface area contributed by atoms with E-state index in [4.69, 9.17) is 5.11 Å². The van der Waals surface area contributed by atoms with Crippen LogP contribution in [0.5, 0.6) is 0 Å². The van der Waals surface area contributed by atoms with Gasteiger partial charge in [-0.3, -0.25) is 4.79 Å². The number of amides is 1. The van der Waals surface area contributed by atoms with E-state index in [0.29, 0.717) is 16.9 Å². The molecule has 0 bridgehead atoms. The van der Waals surface area contributed by atoms with E-state index in [1.165, 1.54) is 10.7 Å². The minimum Gasteiger partial charge on any atom is -0.476 e. The molecule has 21 heavy (non-hydrogen) atoms. The Hall–Kier alpha value is -2.89. The van der Waals surface area contributed by atoms with E-state index in [1.54, 1.807) is 50.4 Å². The summed E-state index contributed by atoms with van der Waals surface area (Å²) in [5.74, 6) is -1.26. The van der Waals surface area contributed by atoms with Gasteiger partial charge in [0.1, 0.15) is 0 Å². The summed E-state index contributed by atoms with van der Waals surface area (Å²) in [6.07, 6.45) is 3.29. The third kappa shape index (κ3) is 3.36. The number of anilines is 1. The zero-order valence-electron chi connectivity index (χ0n) is 11.7. The molecule has 2 N–H and O–H groups in total. The number of carbonyl (C=O) groups is 2. The molecule has 2 rings (SSSR count). The zero-order chi connectivity index (χ0) is 15.4. The van der Waals surface area contributed by atoms with E-state index < -0.39 is 5.97 Å². The molecule has 0 aliphatic heterocycles. The Kier molecular flexibility index (Phi) is 4.18. The Balaban J connectivity index is 2.24. The fourth-order valence-electron chi connectivity index (χ4n) is 1.67. The van der Waals surface area contributed by atoms with Crippen LogP contribution < -0.4 is 5.32 Å². The molecule has 0 spiro atoms. The molecule has 1 amide bonds. The fourth-order valence-corrected chi connectivity index (χ4v) is 1.67. The maximum Gasteiger partial charge on any atom is 0.356 e. The Bertz CT molecular complexity index is 716. The lowest BCUT2D eigenvalue weighted by molar-refractivity contribution is -0.112. The number of hydrogen-bond donors (Lipinski definition) is 2. The number of rotatable bonds is 4. The maximum atomic E-state index is 11.8. The first-order chi connectivity index (χ1) is 10.0. The minimum atomic E-state index is -1.08.